The molecule has 1 amide bonds. The van der Waals surface area contributed by atoms with E-state index in [9.17, 15) is 4.79 Å². The third-order valence-electron chi connectivity index (χ3n) is 6.01. The molecule has 3 rings (SSSR count). The fourth-order valence-corrected chi connectivity index (χ4v) is 6.24. The number of nitrogens with zero attached hydrogens (tertiary/aromatic N) is 1. The Balaban J connectivity index is 1.63. The number of hydrogen-bond acceptors (Lipinski definition) is 2. The van der Waals surface area contributed by atoms with Gasteiger partial charge in [0.1, 0.15) is 5.60 Å². The number of allylic oxidation sites excluding steroid dienone is 5. The molecule has 0 N–H and O–H groups in total. The van der Waals surface area contributed by atoms with Crippen LogP contribution in [0, 0.1) is 0 Å². The van der Waals surface area contributed by atoms with E-state index >= 15 is 0 Å². The molecule has 32 heavy (non-hydrogen) atoms. The first-order valence-electron chi connectivity index (χ1n) is 11.2. The van der Waals surface area contributed by atoms with Crippen LogP contribution in [-0.2, 0) is 10.3 Å². The minimum absolute atomic E-state index is 0.554. The SMILES string of the molecule is C=CCC[Si](C)(C)C1=CC/C(=N/C(=O)OC(C)(C)c2ccc(-c3ccccc3)cc2)C=C1. The normalized spacial score (nSPS) is 15.4. The summed E-state index contributed by atoms with van der Waals surface area (Å²) in [5.74, 6) is 0. The quantitative estimate of drug-likeness (QED) is 0.322. The van der Waals surface area contributed by atoms with E-state index in [1.807, 2.05) is 56.3 Å². The Kier molecular flexibility index (Phi) is 7.47. The zero-order valence-electron chi connectivity index (χ0n) is 19.6. The number of rotatable bonds is 7. The maximum Gasteiger partial charge on any atom is 0.434 e. The summed E-state index contributed by atoms with van der Waals surface area (Å²) in [4.78, 5) is 16.8. The van der Waals surface area contributed by atoms with Crippen LogP contribution in [0.3, 0.4) is 0 Å². The molecule has 0 bridgehead atoms. The molecule has 0 atom stereocenters. The van der Waals surface area contributed by atoms with Crippen LogP contribution < -0.4 is 0 Å². The van der Waals surface area contributed by atoms with Gasteiger partial charge in [0.15, 0.2) is 0 Å². The van der Waals surface area contributed by atoms with Crippen LogP contribution >= 0.6 is 0 Å². The number of carbonyl (C=O) groups is 1. The molecule has 166 valence electrons. The lowest BCUT2D eigenvalue weighted by Gasteiger charge is -2.26. The van der Waals surface area contributed by atoms with Crippen molar-refractivity contribution >= 4 is 19.9 Å². The van der Waals surface area contributed by atoms with Gasteiger partial charge in [0, 0.05) is 6.42 Å². The minimum atomic E-state index is -1.47. The van der Waals surface area contributed by atoms with Gasteiger partial charge in [0.2, 0.25) is 0 Å². The highest BCUT2D eigenvalue weighted by molar-refractivity contribution is 6.85. The molecule has 0 heterocycles. The van der Waals surface area contributed by atoms with Crippen LogP contribution in [0.1, 0.15) is 32.3 Å². The summed E-state index contributed by atoms with van der Waals surface area (Å²) in [5, 5.41) is 1.41. The van der Waals surface area contributed by atoms with Gasteiger partial charge in [-0.25, -0.2) is 4.79 Å². The third kappa shape index (κ3) is 6.04. The van der Waals surface area contributed by atoms with Crippen molar-refractivity contribution < 1.29 is 9.53 Å². The minimum Gasteiger partial charge on any atom is -0.437 e. The van der Waals surface area contributed by atoms with Crippen molar-refractivity contribution in [3.8, 4) is 11.1 Å². The second-order valence-corrected chi connectivity index (χ2v) is 14.2. The Hall–Kier alpha value is -2.98. The summed E-state index contributed by atoms with van der Waals surface area (Å²) in [6.07, 6.45) is 9.44. The first-order chi connectivity index (χ1) is 15.2. The molecule has 0 spiro atoms. The van der Waals surface area contributed by atoms with Gasteiger partial charge in [0.25, 0.3) is 0 Å². The molecule has 3 nitrogen and oxygen atoms in total. The molecule has 0 saturated carbocycles. The maximum absolute atomic E-state index is 12.5. The standard InChI is InChI=1S/C28H33NO2Si/c1-6-7-21-32(4,5)26-19-17-25(18-20-26)29-27(30)31-28(2,3)24-15-13-23(14-16-24)22-11-9-8-10-12-22/h6,8-17,19-20H,1,7,18,21H2,2-5H3/b29-25+. The van der Waals surface area contributed by atoms with E-state index in [-0.39, 0.29) is 0 Å². The van der Waals surface area contributed by atoms with Crippen LogP contribution in [0.4, 0.5) is 4.79 Å². The van der Waals surface area contributed by atoms with Gasteiger partial charge in [-0.05, 0) is 43.0 Å². The fourth-order valence-electron chi connectivity index (χ4n) is 3.84. The predicted molar refractivity (Wildman–Crippen MR) is 138 cm³/mol. The Morgan fingerprint density at radius 3 is 2.31 bits per heavy atom. The molecule has 0 fully saturated rings. The molecule has 2 aromatic carbocycles. The lowest BCUT2D eigenvalue weighted by atomic mass is 9.95. The number of amides is 1. The second-order valence-electron chi connectivity index (χ2n) is 9.33. The average molecular weight is 444 g/mol. The third-order valence-corrected chi connectivity index (χ3v) is 9.48. The van der Waals surface area contributed by atoms with Gasteiger partial charge < -0.3 is 4.74 Å². The van der Waals surface area contributed by atoms with Crippen molar-refractivity contribution in [1.29, 1.82) is 0 Å². The molecule has 1 aliphatic carbocycles. The number of ether oxygens (including phenoxy) is 1. The molecule has 0 aliphatic heterocycles. The van der Waals surface area contributed by atoms with E-state index in [1.54, 1.807) is 0 Å². The van der Waals surface area contributed by atoms with Gasteiger partial charge in [-0.1, -0.05) is 97.2 Å². The van der Waals surface area contributed by atoms with E-state index in [0.717, 1.165) is 28.8 Å². The summed E-state index contributed by atoms with van der Waals surface area (Å²) in [7, 11) is -1.47. The first kappa shape index (κ1) is 23.7. The Bertz CT molecular complexity index is 1040. The largest absolute Gasteiger partial charge is 0.437 e. The molecular weight excluding hydrogens is 410 g/mol. The Labute approximate surface area is 193 Å². The molecule has 0 saturated heterocycles. The van der Waals surface area contributed by atoms with Gasteiger partial charge in [0.05, 0.1) is 13.8 Å². The van der Waals surface area contributed by atoms with Crippen LogP contribution in [0.25, 0.3) is 11.1 Å². The topological polar surface area (TPSA) is 38.7 Å². The summed E-state index contributed by atoms with van der Waals surface area (Å²) in [6.45, 7) is 12.4. The molecular formula is C28H33NO2Si. The molecule has 0 aromatic heterocycles. The molecule has 4 heteroatoms. The van der Waals surface area contributed by atoms with Crippen LogP contribution in [0.2, 0.25) is 19.1 Å². The monoisotopic (exact) mass is 443 g/mol. The highest BCUT2D eigenvalue weighted by Gasteiger charge is 2.27. The van der Waals surface area contributed by atoms with Crippen molar-refractivity contribution in [1.82, 2.24) is 0 Å². The highest BCUT2D eigenvalue weighted by atomic mass is 28.3. The molecule has 0 unspecified atom stereocenters. The van der Waals surface area contributed by atoms with Crippen molar-refractivity contribution in [2.45, 2.75) is 51.4 Å². The predicted octanol–water partition coefficient (Wildman–Crippen LogP) is 7.88. The van der Waals surface area contributed by atoms with Crippen molar-refractivity contribution in [3.05, 3.63) is 96.2 Å². The first-order valence-corrected chi connectivity index (χ1v) is 14.4. The summed E-state index contributed by atoms with van der Waals surface area (Å²) < 4.78 is 5.74. The maximum atomic E-state index is 12.5. The van der Waals surface area contributed by atoms with Gasteiger partial charge in [-0.3, -0.25) is 0 Å². The lowest BCUT2D eigenvalue weighted by Crippen LogP contribution is -2.29. The Morgan fingerprint density at radius 2 is 1.72 bits per heavy atom. The van der Waals surface area contributed by atoms with E-state index in [1.165, 1.54) is 11.2 Å². The van der Waals surface area contributed by atoms with Crippen molar-refractivity contribution in [2.24, 2.45) is 4.99 Å². The number of benzene rings is 2. The number of hydrogen-bond donors (Lipinski definition) is 0. The van der Waals surface area contributed by atoms with E-state index in [0.29, 0.717) is 6.42 Å². The zero-order chi connectivity index (χ0) is 23.2. The van der Waals surface area contributed by atoms with Crippen molar-refractivity contribution in [3.63, 3.8) is 0 Å². The van der Waals surface area contributed by atoms with Gasteiger partial charge >= 0.3 is 6.09 Å². The smallest absolute Gasteiger partial charge is 0.434 e. The van der Waals surface area contributed by atoms with E-state index in [2.05, 4.69) is 61.1 Å². The fraction of sp³-hybridized carbons (Fsp3) is 0.286. The number of carbonyl (C=O) groups excluding carboxylic acids is 1. The Morgan fingerprint density at radius 1 is 1.06 bits per heavy atom. The number of aliphatic imine (C=N–C) groups is 1. The summed E-state index contributed by atoms with van der Waals surface area (Å²) >= 11 is 0. The molecule has 2 aromatic rings. The van der Waals surface area contributed by atoms with Gasteiger partial charge in [-0.15, -0.1) is 6.58 Å². The molecule has 1 aliphatic rings. The average Bonchev–Trinajstić information content (AvgIpc) is 2.78. The second kappa shape index (κ2) is 10.1. The zero-order valence-corrected chi connectivity index (χ0v) is 20.6. The molecule has 0 radical (unpaired) electrons. The van der Waals surface area contributed by atoms with Crippen LogP contribution in [0.5, 0.6) is 0 Å². The highest BCUT2D eigenvalue weighted by Crippen LogP contribution is 2.29. The lowest BCUT2D eigenvalue weighted by molar-refractivity contribution is 0.0436. The van der Waals surface area contributed by atoms with Crippen LogP contribution in [-0.4, -0.2) is 19.9 Å². The van der Waals surface area contributed by atoms with Crippen LogP contribution in [0.15, 0.2) is 95.7 Å². The summed E-state index contributed by atoms with van der Waals surface area (Å²) in [5.41, 5.74) is 3.19. The van der Waals surface area contributed by atoms with E-state index < -0.39 is 19.8 Å². The summed E-state index contributed by atoms with van der Waals surface area (Å²) in [6, 6.07) is 19.5. The van der Waals surface area contributed by atoms with Gasteiger partial charge in [-0.2, -0.15) is 4.99 Å². The van der Waals surface area contributed by atoms with Crippen molar-refractivity contribution in [2.75, 3.05) is 0 Å². The van der Waals surface area contributed by atoms with E-state index in [4.69, 9.17) is 4.74 Å².